The summed E-state index contributed by atoms with van der Waals surface area (Å²) in [6.07, 6.45) is 3.99. The number of carbonyl (C=O) groups is 2. The highest BCUT2D eigenvalue weighted by atomic mass is 32.1. The average molecular weight is 327 g/mol. The summed E-state index contributed by atoms with van der Waals surface area (Å²) in [5.74, 6) is -0.154. The van der Waals surface area contributed by atoms with Crippen LogP contribution >= 0.6 is 11.3 Å². The molecule has 2 aromatic rings. The van der Waals surface area contributed by atoms with E-state index < -0.39 is 0 Å². The Morgan fingerprint density at radius 2 is 2.22 bits per heavy atom. The van der Waals surface area contributed by atoms with Crippen molar-refractivity contribution in [2.45, 2.75) is 20.3 Å². The third-order valence-electron chi connectivity index (χ3n) is 3.66. The molecule has 0 bridgehead atoms. The number of fused-ring (bicyclic) bond motifs is 1. The highest BCUT2D eigenvalue weighted by Crippen LogP contribution is 2.30. The maximum absolute atomic E-state index is 12.0. The minimum absolute atomic E-state index is 0.0435. The van der Waals surface area contributed by atoms with Crippen LogP contribution in [0.4, 0.5) is 11.4 Å². The lowest BCUT2D eigenvalue weighted by molar-refractivity contribution is -0.116. The van der Waals surface area contributed by atoms with Crippen LogP contribution in [0.1, 0.15) is 23.2 Å². The molecule has 23 heavy (non-hydrogen) atoms. The molecule has 0 fully saturated rings. The van der Waals surface area contributed by atoms with Gasteiger partial charge in [-0.1, -0.05) is 0 Å². The summed E-state index contributed by atoms with van der Waals surface area (Å²) in [4.78, 5) is 29.5. The van der Waals surface area contributed by atoms with Gasteiger partial charge in [-0.2, -0.15) is 0 Å². The van der Waals surface area contributed by atoms with E-state index in [4.69, 9.17) is 0 Å². The van der Waals surface area contributed by atoms with E-state index in [1.165, 1.54) is 6.08 Å². The molecule has 0 unspecified atom stereocenters. The lowest BCUT2D eigenvalue weighted by Crippen LogP contribution is -2.25. The van der Waals surface area contributed by atoms with Crippen molar-refractivity contribution >= 4 is 40.6 Å². The average Bonchev–Trinajstić information content (AvgIpc) is 3.10. The lowest BCUT2D eigenvalue weighted by atomic mass is 10.1. The molecule has 0 saturated carbocycles. The van der Waals surface area contributed by atoms with Crippen LogP contribution in [-0.2, 0) is 16.0 Å². The Morgan fingerprint density at radius 3 is 2.91 bits per heavy atom. The van der Waals surface area contributed by atoms with Gasteiger partial charge in [0, 0.05) is 36.3 Å². The van der Waals surface area contributed by atoms with E-state index in [1.807, 2.05) is 30.5 Å². The van der Waals surface area contributed by atoms with Crippen molar-refractivity contribution < 1.29 is 9.59 Å². The van der Waals surface area contributed by atoms with Crippen LogP contribution in [0, 0.1) is 6.92 Å². The number of hydrogen-bond donors (Lipinski definition) is 1. The van der Waals surface area contributed by atoms with Crippen molar-refractivity contribution in [1.82, 2.24) is 4.98 Å². The summed E-state index contributed by atoms with van der Waals surface area (Å²) >= 11 is 1.55. The third kappa shape index (κ3) is 3.48. The molecule has 1 aliphatic rings. The van der Waals surface area contributed by atoms with E-state index in [-0.39, 0.29) is 11.8 Å². The Morgan fingerprint density at radius 1 is 1.39 bits per heavy atom. The number of amides is 2. The van der Waals surface area contributed by atoms with Gasteiger partial charge < -0.3 is 10.2 Å². The standard InChI is InChI=1S/C17H17N3O2S/c1-11-18-15(10-23-11)4-6-17(22)19-14-3-5-16-13(9-14)7-8-20(16)12(2)21/h3-6,9-10H,7-8H2,1-2H3,(H,19,22)/b6-4+. The summed E-state index contributed by atoms with van der Waals surface area (Å²) in [5.41, 5.74) is 3.54. The fourth-order valence-electron chi connectivity index (χ4n) is 2.61. The number of rotatable bonds is 3. The summed E-state index contributed by atoms with van der Waals surface area (Å²) in [6.45, 7) is 4.19. The van der Waals surface area contributed by atoms with Gasteiger partial charge in [0.05, 0.1) is 10.7 Å². The zero-order valence-corrected chi connectivity index (χ0v) is 13.8. The second kappa shape index (κ2) is 6.34. The number of nitrogens with zero attached hydrogens (tertiary/aromatic N) is 2. The first kappa shape index (κ1) is 15.4. The topological polar surface area (TPSA) is 62.3 Å². The molecule has 2 heterocycles. The molecule has 3 rings (SSSR count). The molecule has 1 aliphatic heterocycles. The molecule has 5 nitrogen and oxygen atoms in total. The number of carbonyl (C=O) groups excluding carboxylic acids is 2. The van der Waals surface area contributed by atoms with Crippen LogP contribution in [0.5, 0.6) is 0 Å². The van der Waals surface area contributed by atoms with E-state index in [9.17, 15) is 9.59 Å². The molecule has 0 aliphatic carbocycles. The Balaban J connectivity index is 1.68. The molecular formula is C17H17N3O2S. The van der Waals surface area contributed by atoms with Gasteiger partial charge in [-0.3, -0.25) is 9.59 Å². The van der Waals surface area contributed by atoms with Gasteiger partial charge in [0.2, 0.25) is 11.8 Å². The number of hydrogen-bond acceptors (Lipinski definition) is 4. The summed E-state index contributed by atoms with van der Waals surface area (Å²) in [5, 5.41) is 5.72. The van der Waals surface area contributed by atoms with Crippen LogP contribution in [0.15, 0.2) is 29.7 Å². The third-order valence-corrected chi connectivity index (χ3v) is 4.46. The predicted octanol–water partition coefficient (Wildman–Crippen LogP) is 3.01. The van der Waals surface area contributed by atoms with Crippen molar-refractivity contribution in [3.8, 4) is 0 Å². The quantitative estimate of drug-likeness (QED) is 0.882. The molecule has 0 saturated heterocycles. The van der Waals surface area contributed by atoms with E-state index >= 15 is 0 Å². The monoisotopic (exact) mass is 327 g/mol. The van der Waals surface area contributed by atoms with Crippen molar-refractivity contribution in [3.05, 3.63) is 45.9 Å². The molecule has 0 atom stereocenters. The van der Waals surface area contributed by atoms with Gasteiger partial charge in [0.25, 0.3) is 0 Å². The number of thiazole rings is 1. The number of aryl methyl sites for hydroxylation is 1. The smallest absolute Gasteiger partial charge is 0.248 e. The number of nitrogens with one attached hydrogen (secondary N) is 1. The first-order valence-corrected chi connectivity index (χ1v) is 8.23. The Labute approximate surface area is 138 Å². The maximum atomic E-state index is 12.0. The van der Waals surface area contributed by atoms with Gasteiger partial charge >= 0.3 is 0 Å². The normalized spacial score (nSPS) is 13.4. The van der Waals surface area contributed by atoms with Crippen molar-refractivity contribution in [1.29, 1.82) is 0 Å². The molecule has 1 aromatic heterocycles. The number of aromatic nitrogens is 1. The summed E-state index contributed by atoms with van der Waals surface area (Å²) < 4.78 is 0. The molecule has 2 amide bonds. The number of benzene rings is 1. The second-order valence-corrected chi connectivity index (χ2v) is 6.44. The zero-order chi connectivity index (χ0) is 16.4. The van der Waals surface area contributed by atoms with Crippen LogP contribution in [0.25, 0.3) is 6.08 Å². The molecule has 0 radical (unpaired) electrons. The Bertz CT molecular complexity index is 795. The van der Waals surface area contributed by atoms with Crippen molar-refractivity contribution in [2.75, 3.05) is 16.8 Å². The fraction of sp³-hybridized carbons (Fsp3) is 0.235. The van der Waals surface area contributed by atoms with Gasteiger partial charge in [-0.05, 0) is 43.2 Å². The minimum Gasteiger partial charge on any atom is -0.323 e. The fourth-order valence-corrected chi connectivity index (χ4v) is 3.19. The number of anilines is 2. The van der Waals surface area contributed by atoms with Gasteiger partial charge in [0.1, 0.15) is 0 Å². The van der Waals surface area contributed by atoms with Gasteiger partial charge in [-0.25, -0.2) is 4.98 Å². The first-order chi connectivity index (χ1) is 11.0. The first-order valence-electron chi connectivity index (χ1n) is 7.35. The van der Waals surface area contributed by atoms with E-state index in [1.54, 1.807) is 29.2 Å². The highest BCUT2D eigenvalue weighted by Gasteiger charge is 2.22. The molecule has 6 heteroatoms. The lowest BCUT2D eigenvalue weighted by Gasteiger charge is -2.14. The molecule has 118 valence electrons. The Hall–Kier alpha value is -2.47. The molecular weight excluding hydrogens is 310 g/mol. The second-order valence-electron chi connectivity index (χ2n) is 5.38. The van der Waals surface area contributed by atoms with E-state index in [2.05, 4.69) is 10.3 Å². The summed E-state index contributed by atoms with van der Waals surface area (Å²) in [7, 11) is 0. The summed E-state index contributed by atoms with van der Waals surface area (Å²) in [6, 6.07) is 5.63. The van der Waals surface area contributed by atoms with Gasteiger partial charge in [-0.15, -0.1) is 11.3 Å². The Kier molecular flexibility index (Phi) is 4.25. The van der Waals surface area contributed by atoms with Crippen LogP contribution < -0.4 is 10.2 Å². The van der Waals surface area contributed by atoms with E-state index in [0.29, 0.717) is 6.54 Å². The largest absolute Gasteiger partial charge is 0.323 e. The van der Waals surface area contributed by atoms with E-state index in [0.717, 1.165) is 34.1 Å². The molecule has 1 N–H and O–H groups in total. The van der Waals surface area contributed by atoms with Crippen LogP contribution in [0.2, 0.25) is 0 Å². The highest BCUT2D eigenvalue weighted by molar-refractivity contribution is 7.09. The van der Waals surface area contributed by atoms with Gasteiger partial charge in [0.15, 0.2) is 0 Å². The van der Waals surface area contributed by atoms with Crippen molar-refractivity contribution in [3.63, 3.8) is 0 Å². The zero-order valence-electron chi connectivity index (χ0n) is 13.0. The SMILES string of the molecule is CC(=O)N1CCc2cc(NC(=O)/C=C/c3csc(C)n3)ccc21. The maximum Gasteiger partial charge on any atom is 0.248 e. The molecule has 0 spiro atoms. The predicted molar refractivity (Wildman–Crippen MR) is 92.7 cm³/mol. The van der Waals surface area contributed by atoms with Crippen molar-refractivity contribution in [2.24, 2.45) is 0 Å². The molecule has 1 aromatic carbocycles. The van der Waals surface area contributed by atoms with Crippen LogP contribution in [0.3, 0.4) is 0 Å². The minimum atomic E-state index is -0.197. The van der Waals surface area contributed by atoms with Crippen LogP contribution in [-0.4, -0.2) is 23.3 Å².